The molecule has 1 nitrogen and oxygen atoms in total. The van der Waals surface area contributed by atoms with Gasteiger partial charge in [0.25, 0.3) is 0 Å². The molecule has 1 aromatic rings. The van der Waals surface area contributed by atoms with Crippen LogP contribution in [0.5, 0.6) is 0 Å². The molecule has 1 aliphatic carbocycles. The van der Waals surface area contributed by atoms with Crippen LogP contribution >= 0.6 is 0 Å². The second kappa shape index (κ2) is 6.05. The third kappa shape index (κ3) is 3.08. The largest absolute Gasteiger partial charge is 0.314 e. The highest BCUT2D eigenvalue weighted by molar-refractivity contribution is 5.16. The first kappa shape index (κ1) is 11.7. The van der Waals surface area contributed by atoms with Crippen LogP contribution in [0.25, 0.3) is 0 Å². The molecule has 0 radical (unpaired) electrons. The molecule has 0 spiro atoms. The van der Waals surface area contributed by atoms with Crippen LogP contribution in [0.2, 0.25) is 0 Å². The van der Waals surface area contributed by atoms with Crippen LogP contribution in [0.15, 0.2) is 30.3 Å². The summed E-state index contributed by atoms with van der Waals surface area (Å²) in [6.45, 7) is 3.31. The Morgan fingerprint density at radius 1 is 1.19 bits per heavy atom. The van der Waals surface area contributed by atoms with E-state index in [2.05, 4.69) is 42.6 Å². The van der Waals surface area contributed by atoms with E-state index >= 15 is 0 Å². The van der Waals surface area contributed by atoms with Crippen molar-refractivity contribution in [2.24, 2.45) is 5.92 Å². The molecule has 2 rings (SSSR count). The van der Waals surface area contributed by atoms with E-state index in [0.717, 1.165) is 12.5 Å². The Morgan fingerprint density at radius 3 is 2.50 bits per heavy atom. The van der Waals surface area contributed by atoms with Crippen molar-refractivity contribution in [3.63, 3.8) is 0 Å². The number of hydrogen-bond acceptors (Lipinski definition) is 1. The van der Waals surface area contributed by atoms with Gasteiger partial charge in [0.1, 0.15) is 0 Å². The van der Waals surface area contributed by atoms with Crippen LogP contribution in [-0.4, -0.2) is 12.6 Å². The molecule has 1 saturated carbocycles. The second-order valence-corrected chi connectivity index (χ2v) is 4.90. The molecular weight excluding hydrogens is 194 g/mol. The standard InChI is InChI=1S/C15H23N/c1-2-16-15(14-10-6-7-11-14)12-13-8-4-3-5-9-13/h3-5,8-9,14-16H,2,6-7,10-12H2,1H3. The maximum atomic E-state index is 3.67. The van der Waals surface area contributed by atoms with Crippen LogP contribution in [-0.2, 0) is 6.42 Å². The zero-order chi connectivity index (χ0) is 11.2. The third-order valence-electron chi connectivity index (χ3n) is 3.73. The topological polar surface area (TPSA) is 12.0 Å². The lowest BCUT2D eigenvalue weighted by Crippen LogP contribution is -2.36. The minimum absolute atomic E-state index is 0.690. The van der Waals surface area contributed by atoms with E-state index in [1.807, 2.05) is 0 Å². The minimum atomic E-state index is 0.690. The van der Waals surface area contributed by atoms with E-state index in [9.17, 15) is 0 Å². The second-order valence-electron chi connectivity index (χ2n) is 4.90. The van der Waals surface area contributed by atoms with Crippen molar-refractivity contribution in [1.82, 2.24) is 5.32 Å². The molecule has 1 unspecified atom stereocenters. The van der Waals surface area contributed by atoms with Gasteiger partial charge in [0.05, 0.1) is 0 Å². The average molecular weight is 217 g/mol. The first-order valence-electron chi connectivity index (χ1n) is 6.67. The number of nitrogens with one attached hydrogen (secondary N) is 1. The molecular formula is C15H23N. The van der Waals surface area contributed by atoms with Crippen LogP contribution < -0.4 is 5.32 Å². The van der Waals surface area contributed by atoms with Gasteiger partial charge >= 0.3 is 0 Å². The number of likely N-dealkylation sites (N-methyl/N-ethyl adjacent to an activating group) is 1. The van der Waals surface area contributed by atoms with Gasteiger partial charge in [-0.2, -0.15) is 0 Å². The zero-order valence-corrected chi connectivity index (χ0v) is 10.3. The predicted octanol–water partition coefficient (Wildman–Crippen LogP) is 3.40. The van der Waals surface area contributed by atoms with Crippen molar-refractivity contribution >= 4 is 0 Å². The van der Waals surface area contributed by atoms with E-state index in [4.69, 9.17) is 0 Å². The van der Waals surface area contributed by atoms with E-state index < -0.39 is 0 Å². The Hall–Kier alpha value is -0.820. The summed E-state index contributed by atoms with van der Waals surface area (Å²) in [7, 11) is 0. The molecule has 16 heavy (non-hydrogen) atoms. The Balaban J connectivity index is 1.96. The molecule has 0 amide bonds. The fourth-order valence-corrected chi connectivity index (χ4v) is 2.90. The summed E-state index contributed by atoms with van der Waals surface area (Å²) >= 11 is 0. The molecule has 0 heterocycles. The lowest BCUT2D eigenvalue weighted by Gasteiger charge is -2.24. The summed E-state index contributed by atoms with van der Waals surface area (Å²) in [5.41, 5.74) is 1.47. The number of benzene rings is 1. The molecule has 1 heteroatoms. The SMILES string of the molecule is CCNC(Cc1ccccc1)C1CCCC1. The zero-order valence-electron chi connectivity index (χ0n) is 10.3. The van der Waals surface area contributed by atoms with Crippen molar-refractivity contribution in [2.75, 3.05) is 6.54 Å². The molecule has 1 fully saturated rings. The molecule has 0 bridgehead atoms. The average Bonchev–Trinajstić information content (AvgIpc) is 2.83. The highest BCUT2D eigenvalue weighted by Crippen LogP contribution is 2.29. The van der Waals surface area contributed by atoms with Crippen LogP contribution in [0.1, 0.15) is 38.2 Å². The Morgan fingerprint density at radius 2 is 1.88 bits per heavy atom. The van der Waals surface area contributed by atoms with E-state index in [1.54, 1.807) is 0 Å². The lowest BCUT2D eigenvalue weighted by molar-refractivity contribution is 0.362. The number of hydrogen-bond donors (Lipinski definition) is 1. The quantitative estimate of drug-likeness (QED) is 0.797. The highest BCUT2D eigenvalue weighted by Gasteiger charge is 2.24. The van der Waals surface area contributed by atoms with Gasteiger partial charge in [-0.1, -0.05) is 50.1 Å². The van der Waals surface area contributed by atoms with Crippen molar-refractivity contribution in [3.8, 4) is 0 Å². The van der Waals surface area contributed by atoms with Crippen LogP contribution in [0, 0.1) is 5.92 Å². The van der Waals surface area contributed by atoms with Crippen LogP contribution in [0.4, 0.5) is 0 Å². The Kier molecular flexibility index (Phi) is 4.41. The maximum absolute atomic E-state index is 3.67. The van der Waals surface area contributed by atoms with Crippen molar-refractivity contribution in [2.45, 2.75) is 45.1 Å². The molecule has 1 N–H and O–H groups in total. The summed E-state index contributed by atoms with van der Waals surface area (Å²) in [6.07, 6.45) is 6.90. The first-order valence-corrected chi connectivity index (χ1v) is 6.67. The summed E-state index contributed by atoms with van der Waals surface area (Å²) in [4.78, 5) is 0. The first-order chi connectivity index (χ1) is 7.90. The fourth-order valence-electron chi connectivity index (χ4n) is 2.90. The van der Waals surface area contributed by atoms with Crippen molar-refractivity contribution in [3.05, 3.63) is 35.9 Å². The summed E-state index contributed by atoms with van der Waals surface area (Å²) in [6, 6.07) is 11.6. The molecule has 1 aromatic carbocycles. The van der Waals surface area contributed by atoms with Gasteiger partial charge < -0.3 is 5.32 Å². The van der Waals surface area contributed by atoms with E-state index in [-0.39, 0.29) is 0 Å². The summed E-state index contributed by atoms with van der Waals surface area (Å²) < 4.78 is 0. The van der Waals surface area contributed by atoms with E-state index in [1.165, 1.54) is 37.7 Å². The van der Waals surface area contributed by atoms with Gasteiger partial charge in [0.2, 0.25) is 0 Å². The number of rotatable bonds is 5. The molecule has 0 aromatic heterocycles. The Labute approximate surface area is 99.3 Å². The van der Waals surface area contributed by atoms with Gasteiger partial charge in [0, 0.05) is 6.04 Å². The van der Waals surface area contributed by atoms with Crippen LogP contribution in [0.3, 0.4) is 0 Å². The fraction of sp³-hybridized carbons (Fsp3) is 0.600. The van der Waals surface area contributed by atoms with Gasteiger partial charge in [-0.15, -0.1) is 0 Å². The lowest BCUT2D eigenvalue weighted by atomic mass is 9.92. The monoisotopic (exact) mass is 217 g/mol. The van der Waals surface area contributed by atoms with Gasteiger partial charge in [-0.05, 0) is 37.3 Å². The Bertz CT molecular complexity index is 288. The summed E-state index contributed by atoms with van der Waals surface area (Å²) in [5, 5.41) is 3.67. The molecule has 1 atom stereocenters. The summed E-state index contributed by atoms with van der Waals surface area (Å²) in [5.74, 6) is 0.903. The molecule has 88 valence electrons. The predicted molar refractivity (Wildman–Crippen MR) is 69.6 cm³/mol. The molecule has 0 saturated heterocycles. The highest BCUT2D eigenvalue weighted by atomic mass is 14.9. The van der Waals surface area contributed by atoms with Crippen molar-refractivity contribution in [1.29, 1.82) is 0 Å². The van der Waals surface area contributed by atoms with Gasteiger partial charge in [-0.25, -0.2) is 0 Å². The van der Waals surface area contributed by atoms with Gasteiger partial charge in [-0.3, -0.25) is 0 Å². The van der Waals surface area contributed by atoms with E-state index in [0.29, 0.717) is 6.04 Å². The molecule has 0 aliphatic heterocycles. The smallest absolute Gasteiger partial charge is 0.0136 e. The molecule has 1 aliphatic rings. The van der Waals surface area contributed by atoms with Crippen molar-refractivity contribution < 1.29 is 0 Å². The third-order valence-corrected chi connectivity index (χ3v) is 3.73. The maximum Gasteiger partial charge on any atom is 0.0136 e. The minimum Gasteiger partial charge on any atom is -0.314 e. The normalized spacial score (nSPS) is 18.8. The van der Waals surface area contributed by atoms with Gasteiger partial charge in [0.15, 0.2) is 0 Å².